The van der Waals surface area contributed by atoms with E-state index < -0.39 is 0 Å². The zero-order chi connectivity index (χ0) is 18.1. The average Bonchev–Trinajstić information content (AvgIpc) is 2.97. The highest BCUT2D eigenvalue weighted by atomic mass is 16.3. The fraction of sp³-hybridized carbons (Fsp3) is 0.526. The molecule has 1 N–H and O–H groups in total. The van der Waals surface area contributed by atoms with Crippen molar-refractivity contribution in [2.75, 3.05) is 13.1 Å². The predicted octanol–water partition coefficient (Wildman–Crippen LogP) is 1.85. The van der Waals surface area contributed by atoms with Crippen LogP contribution in [0.1, 0.15) is 47.9 Å². The maximum absolute atomic E-state index is 12.5. The first-order valence-corrected chi connectivity index (χ1v) is 9.17. The Balaban J connectivity index is 1.31. The lowest BCUT2D eigenvalue weighted by Gasteiger charge is -2.49. The van der Waals surface area contributed by atoms with Crippen molar-refractivity contribution in [3.05, 3.63) is 41.9 Å². The molecule has 2 aromatic rings. The monoisotopic (exact) mass is 354 g/mol. The number of carbonyl (C=O) groups is 2. The average molecular weight is 354 g/mol. The number of furan rings is 1. The number of carbonyl (C=O) groups excluding carboxylic acids is 2. The predicted molar refractivity (Wildman–Crippen MR) is 92.3 cm³/mol. The SMILES string of the molecule is Cc1ccc(C(=O)NC2CC3(CN(C(=O)[C@@H]4C[C@H]4C)C3)n3ccnc32)o1. The first-order chi connectivity index (χ1) is 12.5. The van der Waals surface area contributed by atoms with Gasteiger partial charge in [-0.3, -0.25) is 9.59 Å². The van der Waals surface area contributed by atoms with Crippen LogP contribution in [0.5, 0.6) is 0 Å². The Morgan fingerprint density at radius 2 is 2.12 bits per heavy atom. The summed E-state index contributed by atoms with van der Waals surface area (Å²) in [5, 5.41) is 3.04. The summed E-state index contributed by atoms with van der Waals surface area (Å²) in [7, 11) is 0. The molecule has 1 unspecified atom stereocenters. The van der Waals surface area contributed by atoms with Crippen LogP contribution < -0.4 is 5.32 Å². The highest BCUT2D eigenvalue weighted by molar-refractivity contribution is 5.91. The Kier molecular flexibility index (Phi) is 3.14. The second kappa shape index (κ2) is 5.22. The fourth-order valence-electron chi connectivity index (χ4n) is 4.45. The molecule has 0 aromatic carbocycles. The van der Waals surface area contributed by atoms with Crippen LogP contribution in [0.2, 0.25) is 0 Å². The van der Waals surface area contributed by atoms with E-state index in [1.807, 2.05) is 18.0 Å². The van der Waals surface area contributed by atoms with Gasteiger partial charge >= 0.3 is 0 Å². The van der Waals surface area contributed by atoms with Crippen molar-refractivity contribution in [2.45, 2.75) is 38.3 Å². The van der Waals surface area contributed by atoms with Crippen molar-refractivity contribution in [3.8, 4) is 0 Å². The van der Waals surface area contributed by atoms with E-state index >= 15 is 0 Å². The number of nitrogens with one attached hydrogen (secondary N) is 1. The molecule has 1 saturated carbocycles. The summed E-state index contributed by atoms with van der Waals surface area (Å²) < 4.78 is 7.56. The number of aromatic nitrogens is 2. The standard InChI is InChI=1S/C19H22N4O3/c1-11-7-13(11)18(25)22-9-19(10-22)8-14(16-20-5-6-23(16)19)21-17(24)15-4-3-12(2)26-15/h3-6,11,13-14H,7-10H2,1-2H3,(H,21,24)/t11-,13-,14?/m1/s1. The van der Waals surface area contributed by atoms with E-state index in [1.165, 1.54) is 0 Å². The quantitative estimate of drug-likeness (QED) is 0.912. The van der Waals surface area contributed by atoms with Crippen molar-refractivity contribution in [1.29, 1.82) is 0 Å². The Labute approximate surface area is 151 Å². The van der Waals surface area contributed by atoms with Crippen molar-refractivity contribution in [3.63, 3.8) is 0 Å². The summed E-state index contributed by atoms with van der Waals surface area (Å²) in [4.78, 5) is 31.3. The highest BCUT2D eigenvalue weighted by Gasteiger charge is 2.56. The van der Waals surface area contributed by atoms with E-state index in [2.05, 4.69) is 21.8 Å². The van der Waals surface area contributed by atoms with Gasteiger partial charge in [0.1, 0.15) is 11.6 Å². The topological polar surface area (TPSA) is 80.4 Å². The highest BCUT2D eigenvalue weighted by Crippen LogP contribution is 2.47. The lowest BCUT2D eigenvalue weighted by Crippen LogP contribution is -2.63. The maximum Gasteiger partial charge on any atom is 0.287 e. The lowest BCUT2D eigenvalue weighted by molar-refractivity contribution is -0.143. The molecule has 136 valence electrons. The van der Waals surface area contributed by atoms with Crippen molar-refractivity contribution >= 4 is 11.8 Å². The van der Waals surface area contributed by atoms with E-state index in [-0.39, 0.29) is 29.3 Å². The largest absolute Gasteiger partial charge is 0.456 e. The minimum atomic E-state index is -0.228. The van der Waals surface area contributed by atoms with Gasteiger partial charge < -0.3 is 19.2 Å². The van der Waals surface area contributed by atoms with Gasteiger partial charge in [-0.15, -0.1) is 0 Å². The molecule has 5 rings (SSSR count). The first-order valence-electron chi connectivity index (χ1n) is 9.17. The van der Waals surface area contributed by atoms with E-state index in [9.17, 15) is 9.59 Å². The van der Waals surface area contributed by atoms with Crippen LogP contribution >= 0.6 is 0 Å². The minimum absolute atomic E-state index is 0.142. The van der Waals surface area contributed by atoms with Crippen LogP contribution in [0.4, 0.5) is 0 Å². The van der Waals surface area contributed by atoms with E-state index in [0.717, 1.165) is 18.7 Å². The van der Waals surface area contributed by atoms with E-state index in [1.54, 1.807) is 18.3 Å². The number of rotatable bonds is 3. The molecule has 7 nitrogen and oxygen atoms in total. The van der Waals surface area contributed by atoms with Gasteiger partial charge in [-0.05, 0) is 31.4 Å². The summed E-state index contributed by atoms with van der Waals surface area (Å²) in [6.45, 7) is 5.34. The summed E-state index contributed by atoms with van der Waals surface area (Å²) in [5.41, 5.74) is -0.142. The molecule has 3 aliphatic rings. The van der Waals surface area contributed by atoms with E-state index in [4.69, 9.17) is 4.42 Å². The van der Waals surface area contributed by atoms with E-state index in [0.29, 0.717) is 30.5 Å². The summed E-state index contributed by atoms with van der Waals surface area (Å²) >= 11 is 0. The smallest absolute Gasteiger partial charge is 0.287 e. The Morgan fingerprint density at radius 3 is 2.77 bits per heavy atom. The van der Waals surface area contributed by atoms with Gasteiger partial charge in [-0.1, -0.05) is 6.92 Å². The van der Waals surface area contributed by atoms with Gasteiger partial charge in [-0.25, -0.2) is 4.98 Å². The van der Waals surface area contributed by atoms with Gasteiger partial charge in [0.05, 0.1) is 11.6 Å². The number of hydrogen-bond donors (Lipinski definition) is 1. The molecule has 1 saturated heterocycles. The third-order valence-corrected chi connectivity index (χ3v) is 6.05. The third kappa shape index (κ3) is 2.22. The van der Waals surface area contributed by atoms with Crippen LogP contribution in [0, 0.1) is 18.8 Å². The molecule has 1 spiro atoms. The van der Waals surface area contributed by atoms with Crippen LogP contribution in [-0.2, 0) is 10.3 Å². The Morgan fingerprint density at radius 1 is 1.35 bits per heavy atom. The first kappa shape index (κ1) is 15.7. The van der Waals surface area contributed by atoms with Crippen molar-refractivity contribution in [2.24, 2.45) is 11.8 Å². The van der Waals surface area contributed by atoms with Gasteiger partial charge in [0, 0.05) is 37.8 Å². The molecule has 2 fully saturated rings. The number of nitrogens with zero attached hydrogens (tertiary/aromatic N) is 3. The van der Waals surface area contributed by atoms with Crippen LogP contribution in [0.3, 0.4) is 0 Å². The molecule has 2 aromatic heterocycles. The summed E-state index contributed by atoms with van der Waals surface area (Å²) in [5.74, 6) is 2.67. The van der Waals surface area contributed by atoms with Crippen LogP contribution in [-0.4, -0.2) is 39.4 Å². The summed E-state index contributed by atoms with van der Waals surface area (Å²) in [6.07, 6.45) is 5.49. The number of imidazole rings is 1. The molecule has 2 aliphatic heterocycles. The molecule has 1 aliphatic carbocycles. The fourth-order valence-corrected chi connectivity index (χ4v) is 4.45. The van der Waals surface area contributed by atoms with Gasteiger partial charge in [0.2, 0.25) is 5.91 Å². The third-order valence-electron chi connectivity index (χ3n) is 6.05. The second-order valence-electron chi connectivity index (χ2n) is 8.03. The van der Waals surface area contributed by atoms with Crippen LogP contribution in [0.15, 0.2) is 28.9 Å². The number of fused-ring (bicyclic) bond motifs is 2. The Bertz CT molecular complexity index is 892. The molecule has 7 heteroatoms. The minimum Gasteiger partial charge on any atom is -0.456 e. The number of likely N-dealkylation sites (tertiary alicyclic amines) is 1. The molecule has 0 bridgehead atoms. The maximum atomic E-state index is 12.5. The number of amides is 2. The zero-order valence-corrected chi connectivity index (χ0v) is 14.9. The lowest BCUT2D eigenvalue weighted by atomic mass is 9.85. The van der Waals surface area contributed by atoms with Crippen molar-refractivity contribution < 1.29 is 14.0 Å². The Hall–Kier alpha value is -2.57. The normalized spacial score (nSPS) is 27.9. The summed E-state index contributed by atoms with van der Waals surface area (Å²) in [6, 6.07) is 3.29. The molecule has 3 atom stereocenters. The van der Waals surface area contributed by atoms with Gasteiger partial charge in [-0.2, -0.15) is 0 Å². The molecule has 2 amide bonds. The second-order valence-corrected chi connectivity index (χ2v) is 8.03. The van der Waals surface area contributed by atoms with Crippen molar-refractivity contribution in [1.82, 2.24) is 19.8 Å². The number of aryl methyl sites for hydroxylation is 1. The van der Waals surface area contributed by atoms with Gasteiger partial charge in [0.25, 0.3) is 5.91 Å². The molecule has 26 heavy (non-hydrogen) atoms. The molecule has 0 radical (unpaired) electrons. The van der Waals surface area contributed by atoms with Gasteiger partial charge in [0.15, 0.2) is 5.76 Å². The number of hydrogen-bond acceptors (Lipinski definition) is 4. The molecular formula is C19H22N4O3. The molecular weight excluding hydrogens is 332 g/mol. The molecule has 4 heterocycles. The van der Waals surface area contributed by atoms with Crippen LogP contribution in [0.25, 0.3) is 0 Å². The zero-order valence-electron chi connectivity index (χ0n) is 14.9.